The third kappa shape index (κ3) is 4.86. The summed E-state index contributed by atoms with van der Waals surface area (Å²) in [5.74, 6) is -0.390. The molecule has 2 atom stereocenters. The second-order valence-electron chi connectivity index (χ2n) is 4.33. The molecule has 0 aromatic heterocycles. The van der Waals surface area contributed by atoms with Gasteiger partial charge in [-0.2, -0.15) is 0 Å². The summed E-state index contributed by atoms with van der Waals surface area (Å²) < 4.78 is 14.6. The topological polar surface area (TPSA) is 103 Å². The summed E-state index contributed by atoms with van der Waals surface area (Å²) in [7, 11) is 0. The number of carbonyl (C=O) groups excluding carboxylic acids is 1. The van der Waals surface area contributed by atoms with E-state index in [0.29, 0.717) is 37.1 Å². The lowest BCUT2D eigenvalue weighted by atomic mass is 10.2. The maximum absolute atomic E-state index is 11.4. The van der Waals surface area contributed by atoms with Gasteiger partial charge in [0.15, 0.2) is 0 Å². The van der Waals surface area contributed by atoms with E-state index in [1.165, 1.54) is 0 Å². The molecule has 6 nitrogen and oxygen atoms in total. The van der Waals surface area contributed by atoms with Gasteiger partial charge in [-0.05, 0) is 12.1 Å². The molecular formula is C13H18N2O4. The number of hydrogen-bond donors (Lipinski definition) is 2. The molecule has 2 heterocycles. The molecule has 6 heteroatoms. The van der Waals surface area contributed by atoms with E-state index < -0.39 is 5.97 Å². The van der Waals surface area contributed by atoms with E-state index in [1.807, 2.05) is 0 Å². The van der Waals surface area contributed by atoms with E-state index in [-0.39, 0.29) is 6.10 Å². The molecule has 2 unspecified atom stereocenters. The zero-order valence-corrected chi connectivity index (χ0v) is 10.6. The van der Waals surface area contributed by atoms with E-state index in [4.69, 9.17) is 25.7 Å². The van der Waals surface area contributed by atoms with Crippen LogP contribution >= 0.6 is 0 Å². The molecule has 2 aliphatic rings. The Morgan fingerprint density at radius 1 is 1.26 bits per heavy atom. The summed E-state index contributed by atoms with van der Waals surface area (Å²) >= 11 is 0. The minimum atomic E-state index is -0.390. The minimum Gasteiger partial charge on any atom is -0.459 e. The van der Waals surface area contributed by atoms with Gasteiger partial charge in [0, 0.05) is 12.2 Å². The molecular weight excluding hydrogens is 248 g/mol. The van der Waals surface area contributed by atoms with Crippen LogP contribution in [0.15, 0.2) is 24.3 Å². The molecule has 0 saturated carbocycles. The van der Waals surface area contributed by atoms with Crippen LogP contribution in [0.3, 0.4) is 0 Å². The van der Waals surface area contributed by atoms with Gasteiger partial charge in [0.2, 0.25) is 0 Å². The summed E-state index contributed by atoms with van der Waals surface area (Å²) in [6.45, 7) is 2.57. The largest absolute Gasteiger partial charge is 0.459 e. The number of epoxide rings is 2. The number of hydrogen-bond acceptors (Lipinski definition) is 6. The molecule has 3 rings (SSSR count). The zero-order chi connectivity index (χ0) is 13.7. The van der Waals surface area contributed by atoms with Crippen molar-refractivity contribution >= 4 is 11.7 Å². The summed E-state index contributed by atoms with van der Waals surface area (Å²) in [5.41, 5.74) is 11.6. The first-order valence-corrected chi connectivity index (χ1v) is 6.15. The molecule has 2 aliphatic heterocycles. The molecule has 19 heavy (non-hydrogen) atoms. The molecule has 0 bridgehead atoms. The van der Waals surface area contributed by atoms with Gasteiger partial charge < -0.3 is 25.7 Å². The normalized spacial score (nSPS) is 23.0. The first-order chi connectivity index (χ1) is 9.20. The number of ether oxygens (including phenoxy) is 3. The van der Waals surface area contributed by atoms with Crippen molar-refractivity contribution < 1.29 is 19.0 Å². The summed E-state index contributed by atoms with van der Waals surface area (Å²) in [5, 5.41) is 0. The Morgan fingerprint density at radius 2 is 1.89 bits per heavy atom. The van der Waals surface area contributed by atoms with E-state index in [2.05, 4.69) is 0 Å². The fourth-order valence-electron chi connectivity index (χ4n) is 1.30. The standard InChI is InChI=1S/C10H11NO3.C3H7NO/c11-9-4-2-1-3-8(9)10(12)14-6-7-5-13-7;4-1-3-2-5-3/h1-4,7H,5-6,11H2;3H,1-2,4H2. The maximum atomic E-state index is 11.4. The molecule has 2 fully saturated rings. The number of anilines is 1. The molecule has 104 valence electrons. The lowest BCUT2D eigenvalue weighted by Gasteiger charge is -2.04. The predicted molar refractivity (Wildman–Crippen MR) is 69.7 cm³/mol. The highest BCUT2D eigenvalue weighted by atomic mass is 16.6. The maximum Gasteiger partial charge on any atom is 0.340 e. The zero-order valence-electron chi connectivity index (χ0n) is 10.6. The Morgan fingerprint density at radius 3 is 2.37 bits per heavy atom. The predicted octanol–water partition coefficient (Wildman–Crippen LogP) is 0.168. The smallest absolute Gasteiger partial charge is 0.340 e. The van der Waals surface area contributed by atoms with Crippen LogP contribution in [0, 0.1) is 0 Å². The Hall–Kier alpha value is -1.63. The number of esters is 1. The molecule has 1 aromatic rings. The Balaban J connectivity index is 0.000000224. The van der Waals surface area contributed by atoms with Crippen LogP contribution in [-0.2, 0) is 14.2 Å². The van der Waals surface area contributed by atoms with E-state index >= 15 is 0 Å². The highest BCUT2D eigenvalue weighted by Crippen LogP contribution is 2.14. The van der Waals surface area contributed by atoms with Crippen molar-refractivity contribution in [3.63, 3.8) is 0 Å². The van der Waals surface area contributed by atoms with E-state index in [9.17, 15) is 4.79 Å². The fourth-order valence-corrected chi connectivity index (χ4v) is 1.30. The van der Waals surface area contributed by atoms with Crippen molar-refractivity contribution in [2.75, 3.05) is 32.1 Å². The van der Waals surface area contributed by atoms with Crippen molar-refractivity contribution in [1.29, 1.82) is 0 Å². The SMILES string of the molecule is NCC1CO1.Nc1ccccc1C(=O)OCC1CO1. The molecule has 1 aromatic carbocycles. The summed E-state index contributed by atoms with van der Waals surface area (Å²) in [6, 6.07) is 6.84. The van der Waals surface area contributed by atoms with E-state index in [0.717, 1.165) is 6.61 Å². The van der Waals surface area contributed by atoms with Gasteiger partial charge in [-0.3, -0.25) is 0 Å². The van der Waals surface area contributed by atoms with Crippen LogP contribution in [0.1, 0.15) is 10.4 Å². The Kier molecular flexibility index (Phi) is 4.73. The Labute approximate surface area is 111 Å². The van der Waals surface area contributed by atoms with Crippen LogP contribution in [-0.4, -0.2) is 44.5 Å². The third-order valence-corrected chi connectivity index (χ3v) is 2.65. The van der Waals surface area contributed by atoms with Crippen molar-refractivity contribution in [3.8, 4) is 0 Å². The number of nitrogen functional groups attached to an aromatic ring is 1. The van der Waals surface area contributed by atoms with Gasteiger partial charge in [0.05, 0.1) is 24.9 Å². The minimum absolute atomic E-state index is 0.0869. The van der Waals surface area contributed by atoms with Crippen LogP contribution in [0.2, 0.25) is 0 Å². The number of rotatable bonds is 4. The monoisotopic (exact) mass is 266 g/mol. The van der Waals surface area contributed by atoms with Gasteiger partial charge in [-0.1, -0.05) is 12.1 Å². The van der Waals surface area contributed by atoms with Crippen molar-refractivity contribution in [3.05, 3.63) is 29.8 Å². The highest BCUT2D eigenvalue weighted by molar-refractivity contribution is 5.94. The first-order valence-electron chi connectivity index (χ1n) is 6.15. The van der Waals surface area contributed by atoms with Crippen molar-refractivity contribution in [1.82, 2.24) is 0 Å². The quantitative estimate of drug-likeness (QED) is 0.457. The third-order valence-electron chi connectivity index (χ3n) is 2.65. The van der Waals surface area contributed by atoms with E-state index in [1.54, 1.807) is 24.3 Å². The molecule has 0 amide bonds. The highest BCUT2D eigenvalue weighted by Gasteiger charge is 2.24. The van der Waals surface area contributed by atoms with Gasteiger partial charge >= 0.3 is 5.97 Å². The average molecular weight is 266 g/mol. The van der Waals surface area contributed by atoms with Gasteiger partial charge in [-0.25, -0.2) is 4.79 Å². The molecule has 2 saturated heterocycles. The summed E-state index contributed by atoms with van der Waals surface area (Å²) in [6.07, 6.45) is 0.499. The molecule has 0 aliphatic carbocycles. The Bertz CT molecular complexity index is 430. The molecule has 4 N–H and O–H groups in total. The summed E-state index contributed by atoms with van der Waals surface area (Å²) in [4.78, 5) is 11.4. The number of nitrogens with two attached hydrogens (primary N) is 2. The second kappa shape index (κ2) is 6.51. The average Bonchev–Trinajstić information content (AvgIpc) is 3.31. The lowest BCUT2D eigenvalue weighted by Crippen LogP contribution is -2.11. The molecule has 0 spiro atoms. The van der Waals surface area contributed by atoms with Crippen molar-refractivity contribution in [2.45, 2.75) is 12.2 Å². The van der Waals surface area contributed by atoms with Gasteiger partial charge in [0.25, 0.3) is 0 Å². The van der Waals surface area contributed by atoms with Gasteiger partial charge in [-0.15, -0.1) is 0 Å². The fraction of sp³-hybridized carbons (Fsp3) is 0.462. The van der Waals surface area contributed by atoms with Crippen LogP contribution in [0.25, 0.3) is 0 Å². The number of carbonyl (C=O) groups is 1. The number of para-hydroxylation sites is 1. The first kappa shape index (κ1) is 13.8. The lowest BCUT2D eigenvalue weighted by molar-refractivity contribution is 0.0478. The van der Waals surface area contributed by atoms with Crippen LogP contribution in [0.4, 0.5) is 5.69 Å². The van der Waals surface area contributed by atoms with Crippen molar-refractivity contribution in [2.24, 2.45) is 5.73 Å². The molecule has 0 radical (unpaired) electrons. The van der Waals surface area contributed by atoms with Gasteiger partial charge in [0.1, 0.15) is 12.7 Å². The van der Waals surface area contributed by atoms with Crippen LogP contribution < -0.4 is 11.5 Å². The van der Waals surface area contributed by atoms with Crippen LogP contribution in [0.5, 0.6) is 0 Å². The number of benzene rings is 1. The second-order valence-corrected chi connectivity index (χ2v) is 4.33.